The predicted octanol–water partition coefficient (Wildman–Crippen LogP) is 2.35. The zero-order valence-electron chi connectivity index (χ0n) is 12.8. The van der Waals surface area contributed by atoms with Crippen LogP contribution in [0.2, 0.25) is 0 Å². The average molecular weight is 264 g/mol. The molecule has 0 aliphatic carbocycles. The first kappa shape index (κ1) is 14.5. The molecule has 1 aromatic rings. The van der Waals surface area contributed by atoms with Crippen LogP contribution >= 0.6 is 0 Å². The maximum atomic E-state index is 4.60. The minimum absolute atomic E-state index is 0.444. The van der Waals surface area contributed by atoms with Crippen molar-refractivity contribution < 1.29 is 0 Å². The summed E-state index contributed by atoms with van der Waals surface area (Å²) in [5, 5.41) is 8.09. The quantitative estimate of drug-likeness (QED) is 0.906. The third-order valence-electron chi connectivity index (χ3n) is 4.14. The van der Waals surface area contributed by atoms with Gasteiger partial charge in [-0.2, -0.15) is 5.10 Å². The number of hydrogen-bond acceptors (Lipinski definition) is 3. The zero-order valence-corrected chi connectivity index (χ0v) is 12.8. The molecule has 4 heteroatoms. The summed E-state index contributed by atoms with van der Waals surface area (Å²) >= 11 is 0. The Hall–Kier alpha value is -0.870. The van der Waals surface area contributed by atoms with Crippen LogP contribution in [-0.2, 0) is 6.54 Å². The van der Waals surface area contributed by atoms with Gasteiger partial charge in [-0.3, -0.25) is 9.58 Å². The second kappa shape index (κ2) is 6.53. The molecule has 19 heavy (non-hydrogen) atoms. The van der Waals surface area contributed by atoms with Gasteiger partial charge in [-0.25, -0.2) is 0 Å². The van der Waals surface area contributed by atoms with Crippen molar-refractivity contribution in [3.05, 3.63) is 17.5 Å². The van der Waals surface area contributed by atoms with Crippen LogP contribution in [0.3, 0.4) is 0 Å². The minimum atomic E-state index is 0.444. The number of nitrogens with one attached hydrogen (secondary N) is 1. The van der Waals surface area contributed by atoms with Gasteiger partial charge in [0.25, 0.3) is 0 Å². The summed E-state index contributed by atoms with van der Waals surface area (Å²) in [5.74, 6) is 0. The van der Waals surface area contributed by atoms with Gasteiger partial charge >= 0.3 is 0 Å². The molecule has 1 atom stereocenters. The van der Waals surface area contributed by atoms with Crippen molar-refractivity contribution in [1.82, 2.24) is 20.0 Å². The zero-order chi connectivity index (χ0) is 13.8. The van der Waals surface area contributed by atoms with Crippen LogP contribution < -0.4 is 5.32 Å². The topological polar surface area (TPSA) is 33.1 Å². The Kier molecular flexibility index (Phi) is 4.99. The van der Waals surface area contributed by atoms with Gasteiger partial charge in [0.05, 0.1) is 5.69 Å². The average Bonchev–Trinajstić information content (AvgIpc) is 2.60. The van der Waals surface area contributed by atoms with Gasteiger partial charge in [0.2, 0.25) is 0 Å². The maximum absolute atomic E-state index is 4.60. The molecule has 4 nitrogen and oxygen atoms in total. The lowest BCUT2D eigenvalue weighted by molar-refractivity contribution is 0.216. The van der Waals surface area contributed by atoms with Crippen LogP contribution in [0.4, 0.5) is 0 Å². The van der Waals surface area contributed by atoms with Gasteiger partial charge in [0.1, 0.15) is 0 Å². The van der Waals surface area contributed by atoms with E-state index >= 15 is 0 Å². The second-order valence-corrected chi connectivity index (χ2v) is 6.06. The molecule has 0 radical (unpaired) electrons. The molecule has 1 N–H and O–H groups in total. The SMILES string of the molecule is Cc1nn(C(C)C)cc1CN(C)C1CCCNCC1. The molecular weight excluding hydrogens is 236 g/mol. The molecule has 1 aromatic heterocycles. The fraction of sp³-hybridized carbons (Fsp3) is 0.800. The molecule has 0 bridgehead atoms. The van der Waals surface area contributed by atoms with Crippen LogP contribution in [0.25, 0.3) is 0 Å². The van der Waals surface area contributed by atoms with Crippen molar-refractivity contribution >= 4 is 0 Å². The van der Waals surface area contributed by atoms with Crippen molar-refractivity contribution in [1.29, 1.82) is 0 Å². The Balaban J connectivity index is 1.99. The normalized spacial score (nSPS) is 21.1. The predicted molar refractivity (Wildman–Crippen MR) is 79.3 cm³/mol. The lowest BCUT2D eigenvalue weighted by Crippen LogP contribution is -2.32. The van der Waals surface area contributed by atoms with Crippen molar-refractivity contribution in [2.75, 3.05) is 20.1 Å². The molecule has 1 aliphatic heterocycles. The van der Waals surface area contributed by atoms with E-state index in [1.165, 1.54) is 37.1 Å². The van der Waals surface area contributed by atoms with Crippen molar-refractivity contribution in [2.24, 2.45) is 0 Å². The maximum Gasteiger partial charge on any atom is 0.0638 e. The van der Waals surface area contributed by atoms with E-state index in [2.05, 4.69) is 54.0 Å². The Morgan fingerprint density at radius 3 is 2.89 bits per heavy atom. The summed E-state index contributed by atoms with van der Waals surface area (Å²) in [6.07, 6.45) is 6.07. The first-order chi connectivity index (χ1) is 9.08. The summed E-state index contributed by atoms with van der Waals surface area (Å²) < 4.78 is 2.08. The molecule has 108 valence electrons. The molecule has 0 spiro atoms. The Bertz CT molecular complexity index is 389. The largest absolute Gasteiger partial charge is 0.317 e. The van der Waals surface area contributed by atoms with Crippen LogP contribution in [0.15, 0.2) is 6.20 Å². The van der Waals surface area contributed by atoms with E-state index in [9.17, 15) is 0 Å². The van der Waals surface area contributed by atoms with E-state index in [4.69, 9.17) is 0 Å². The molecule has 1 saturated heterocycles. The lowest BCUT2D eigenvalue weighted by atomic mass is 10.1. The third-order valence-corrected chi connectivity index (χ3v) is 4.14. The summed E-state index contributed by atoms with van der Waals surface area (Å²) in [6, 6.07) is 1.15. The van der Waals surface area contributed by atoms with E-state index in [1.807, 2.05) is 0 Å². The third kappa shape index (κ3) is 3.80. The smallest absolute Gasteiger partial charge is 0.0638 e. The molecule has 1 aliphatic rings. The van der Waals surface area contributed by atoms with Gasteiger partial charge in [-0.05, 0) is 60.2 Å². The molecule has 0 saturated carbocycles. The Labute approximate surface area is 117 Å². The van der Waals surface area contributed by atoms with E-state index in [-0.39, 0.29) is 0 Å². The number of aryl methyl sites for hydroxylation is 1. The summed E-state index contributed by atoms with van der Waals surface area (Å²) in [5.41, 5.74) is 2.54. The second-order valence-electron chi connectivity index (χ2n) is 6.06. The van der Waals surface area contributed by atoms with Crippen molar-refractivity contribution in [3.8, 4) is 0 Å². The van der Waals surface area contributed by atoms with Gasteiger partial charge in [-0.1, -0.05) is 0 Å². The number of rotatable bonds is 4. The number of nitrogens with zero attached hydrogens (tertiary/aromatic N) is 3. The van der Waals surface area contributed by atoms with Gasteiger partial charge in [0, 0.05) is 30.4 Å². The lowest BCUT2D eigenvalue weighted by Gasteiger charge is -2.26. The van der Waals surface area contributed by atoms with E-state index in [0.717, 1.165) is 13.1 Å². The molecule has 1 unspecified atom stereocenters. The van der Waals surface area contributed by atoms with E-state index in [1.54, 1.807) is 0 Å². The number of aromatic nitrogens is 2. The summed E-state index contributed by atoms with van der Waals surface area (Å²) in [7, 11) is 2.25. The highest BCUT2D eigenvalue weighted by molar-refractivity contribution is 5.15. The molecule has 1 fully saturated rings. The first-order valence-electron chi connectivity index (χ1n) is 7.53. The van der Waals surface area contributed by atoms with Gasteiger partial charge in [0.15, 0.2) is 0 Å². The number of hydrogen-bond donors (Lipinski definition) is 1. The van der Waals surface area contributed by atoms with E-state index < -0.39 is 0 Å². The molecule has 0 aromatic carbocycles. The van der Waals surface area contributed by atoms with Crippen molar-refractivity contribution in [2.45, 2.75) is 58.7 Å². The van der Waals surface area contributed by atoms with Gasteiger partial charge in [-0.15, -0.1) is 0 Å². The highest BCUT2D eigenvalue weighted by Gasteiger charge is 2.18. The standard InChI is InChI=1S/C15H28N4/c1-12(2)19-11-14(13(3)17-19)10-18(4)15-6-5-8-16-9-7-15/h11-12,15-16H,5-10H2,1-4H3. The molecule has 2 rings (SSSR count). The highest BCUT2D eigenvalue weighted by atomic mass is 15.3. The van der Waals surface area contributed by atoms with E-state index in [0.29, 0.717) is 12.1 Å². The monoisotopic (exact) mass is 264 g/mol. The Morgan fingerprint density at radius 2 is 2.21 bits per heavy atom. The fourth-order valence-corrected chi connectivity index (χ4v) is 2.78. The Morgan fingerprint density at radius 1 is 1.42 bits per heavy atom. The minimum Gasteiger partial charge on any atom is -0.317 e. The summed E-state index contributed by atoms with van der Waals surface area (Å²) in [6.45, 7) is 9.82. The summed E-state index contributed by atoms with van der Waals surface area (Å²) in [4.78, 5) is 2.50. The highest BCUT2D eigenvalue weighted by Crippen LogP contribution is 2.17. The first-order valence-corrected chi connectivity index (χ1v) is 7.53. The van der Waals surface area contributed by atoms with Crippen LogP contribution in [0, 0.1) is 6.92 Å². The fourth-order valence-electron chi connectivity index (χ4n) is 2.78. The van der Waals surface area contributed by atoms with Crippen LogP contribution in [0.1, 0.15) is 50.4 Å². The molecule has 0 amide bonds. The molecule has 2 heterocycles. The molecular formula is C15H28N4. The van der Waals surface area contributed by atoms with Gasteiger partial charge < -0.3 is 5.32 Å². The van der Waals surface area contributed by atoms with Crippen LogP contribution in [-0.4, -0.2) is 40.9 Å². The van der Waals surface area contributed by atoms with Crippen molar-refractivity contribution in [3.63, 3.8) is 0 Å². The van der Waals surface area contributed by atoms with Crippen LogP contribution in [0.5, 0.6) is 0 Å².